The van der Waals surface area contributed by atoms with E-state index in [1.54, 1.807) is 22.8 Å². The van der Waals surface area contributed by atoms with Crippen LogP contribution in [0.1, 0.15) is 16.7 Å². The molecule has 0 spiro atoms. The number of aromatic hydroxyl groups is 1. The van der Waals surface area contributed by atoms with Crippen LogP contribution in [0.3, 0.4) is 0 Å². The number of nitrogens with zero attached hydrogens (tertiary/aromatic N) is 4. The maximum atomic E-state index is 12.5. The van der Waals surface area contributed by atoms with Crippen LogP contribution in [-0.4, -0.2) is 30.4 Å². The molecule has 0 atom stereocenters. The standard InChI is InChI=1S/C21H20N6O3/c1-13-8-9-16(28)15(10-13)11-22-25-20-23-18-17(19(29)24-21(30)26(18)2)27(20)12-14-6-4-3-5-7-14/h3-11,28H,12H2,1-2H3,(H,23,25)(H,24,29,30)/b22-11+. The van der Waals surface area contributed by atoms with Crippen molar-refractivity contribution in [1.29, 1.82) is 0 Å². The summed E-state index contributed by atoms with van der Waals surface area (Å²) in [7, 11) is 1.54. The molecule has 152 valence electrons. The SMILES string of the molecule is Cc1ccc(O)c(/C=N/Nc2nc3c(c(=O)[nH]c(=O)n3C)n2Cc2ccccc2)c1. The molecule has 0 fully saturated rings. The summed E-state index contributed by atoms with van der Waals surface area (Å²) in [6.45, 7) is 2.27. The van der Waals surface area contributed by atoms with Gasteiger partial charge < -0.3 is 5.11 Å². The molecule has 4 aromatic rings. The summed E-state index contributed by atoms with van der Waals surface area (Å²) in [6.07, 6.45) is 1.47. The predicted molar refractivity (Wildman–Crippen MR) is 115 cm³/mol. The number of H-pyrrole nitrogens is 1. The molecule has 0 saturated carbocycles. The number of hydrogen-bond donors (Lipinski definition) is 3. The summed E-state index contributed by atoms with van der Waals surface area (Å²) in [5, 5.41) is 14.2. The summed E-state index contributed by atoms with van der Waals surface area (Å²) < 4.78 is 2.94. The Hall–Kier alpha value is -4.14. The third-order valence-corrected chi connectivity index (χ3v) is 4.74. The highest BCUT2D eigenvalue weighted by molar-refractivity contribution is 5.84. The lowest BCUT2D eigenvalue weighted by atomic mass is 10.1. The number of anilines is 1. The van der Waals surface area contributed by atoms with Crippen LogP contribution in [0, 0.1) is 6.92 Å². The minimum absolute atomic E-state index is 0.0998. The van der Waals surface area contributed by atoms with Gasteiger partial charge in [-0.1, -0.05) is 42.0 Å². The Bertz CT molecular complexity index is 1370. The van der Waals surface area contributed by atoms with Crippen LogP contribution in [0.5, 0.6) is 5.75 Å². The van der Waals surface area contributed by atoms with E-state index in [0.29, 0.717) is 18.1 Å². The number of phenolic OH excluding ortho intramolecular Hbond substituents is 1. The van der Waals surface area contributed by atoms with Gasteiger partial charge in [-0.15, -0.1) is 0 Å². The zero-order valence-electron chi connectivity index (χ0n) is 16.5. The second kappa shape index (κ2) is 7.70. The Kier molecular flexibility index (Phi) is 4.93. The van der Waals surface area contributed by atoms with Crippen molar-refractivity contribution in [1.82, 2.24) is 19.1 Å². The lowest BCUT2D eigenvalue weighted by Crippen LogP contribution is -2.29. The number of nitrogens with one attached hydrogen (secondary N) is 2. The lowest BCUT2D eigenvalue weighted by Gasteiger charge is -2.08. The van der Waals surface area contributed by atoms with Gasteiger partial charge in [0.2, 0.25) is 5.95 Å². The molecule has 30 heavy (non-hydrogen) atoms. The summed E-state index contributed by atoms with van der Waals surface area (Å²) in [4.78, 5) is 31.2. The first kappa shape index (κ1) is 19.2. The third-order valence-electron chi connectivity index (χ3n) is 4.74. The maximum Gasteiger partial charge on any atom is 0.329 e. The zero-order valence-corrected chi connectivity index (χ0v) is 16.5. The van der Waals surface area contributed by atoms with Gasteiger partial charge in [-0.05, 0) is 24.6 Å². The minimum Gasteiger partial charge on any atom is -0.507 e. The number of fused-ring (bicyclic) bond motifs is 1. The van der Waals surface area contributed by atoms with Gasteiger partial charge in [-0.25, -0.2) is 10.2 Å². The van der Waals surface area contributed by atoms with Crippen LogP contribution in [0.15, 0.2) is 63.2 Å². The van der Waals surface area contributed by atoms with E-state index in [9.17, 15) is 14.7 Å². The Morgan fingerprint density at radius 1 is 1.20 bits per heavy atom. The van der Waals surface area contributed by atoms with E-state index in [-0.39, 0.29) is 16.9 Å². The molecule has 0 aliphatic heterocycles. The van der Waals surface area contributed by atoms with E-state index in [4.69, 9.17) is 0 Å². The van der Waals surface area contributed by atoms with Crippen molar-refractivity contribution in [2.75, 3.05) is 5.43 Å². The fourth-order valence-corrected chi connectivity index (χ4v) is 3.18. The van der Waals surface area contributed by atoms with Crippen molar-refractivity contribution in [2.24, 2.45) is 12.1 Å². The molecule has 2 aromatic carbocycles. The number of rotatable bonds is 5. The molecule has 0 aliphatic rings. The summed E-state index contributed by atoms with van der Waals surface area (Å²) >= 11 is 0. The second-order valence-electron chi connectivity index (χ2n) is 6.93. The molecule has 0 radical (unpaired) electrons. The summed E-state index contributed by atoms with van der Waals surface area (Å²) in [5.74, 6) is 0.395. The molecule has 0 bridgehead atoms. The molecule has 0 unspecified atom stereocenters. The van der Waals surface area contributed by atoms with E-state index in [2.05, 4.69) is 20.5 Å². The van der Waals surface area contributed by atoms with Gasteiger partial charge in [0, 0.05) is 12.6 Å². The highest BCUT2D eigenvalue weighted by atomic mass is 16.3. The van der Waals surface area contributed by atoms with Gasteiger partial charge in [0.1, 0.15) is 5.75 Å². The quantitative estimate of drug-likeness (QED) is 0.347. The summed E-state index contributed by atoms with van der Waals surface area (Å²) in [6, 6.07) is 14.8. The number of aryl methyl sites for hydroxylation is 2. The van der Waals surface area contributed by atoms with Crippen LogP contribution >= 0.6 is 0 Å². The molecule has 4 rings (SSSR count). The average molecular weight is 404 g/mol. The first-order valence-electron chi connectivity index (χ1n) is 9.26. The molecule has 0 aliphatic carbocycles. The van der Waals surface area contributed by atoms with Gasteiger partial charge >= 0.3 is 5.69 Å². The van der Waals surface area contributed by atoms with E-state index in [0.717, 1.165) is 11.1 Å². The Labute approximate surface area is 171 Å². The Morgan fingerprint density at radius 2 is 1.97 bits per heavy atom. The number of phenols is 1. The fourth-order valence-electron chi connectivity index (χ4n) is 3.18. The topological polar surface area (TPSA) is 117 Å². The van der Waals surface area contributed by atoms with E-state index in [1.165, 1.54) is 17.8 Å². The smallest absolute Gasteiger partial charge is 0.329 e. The van der Waals surface area contributed by atoms with Crippen LogP contribution in [-0.2, 0) is 13.6 Å². The van der Waals surface area contributed by atoms with Crippen LogP contribution in [0.4, 0.5) is 5.95 Å². The highest BCUT2D eigenvalue weighted by Gasteiger charge is 2.17. The van der Waals surface area contributed by atoms with Crippen molar-refractivity contribution < 1.29 is 5.11 Å². The predicted octanol–water partition coefficient (Wildman–Crippen LogP) is 1.93. The van der Waals surface area contributed by atoms with E-state index in [1.807, 2.05) is 37.3 Å². The van der Waals surface area contributed by atoms with Gasteiger partial charge in [0.05, 0.1) is 12.8 Å². The number of hydrazone groups is 1. The van der Waals surface area contributed by atoms with Gasteiger partial charge in [0.15, 0.2) is 11.2 Å². The van der Waals surface area contributed by atoms with Crippen LogP contribution < -0.4 is 16.7 Å². The third kappa shape index (κ3) is 3.60. The highest BCUT2D eigenvalue weighted by Crippen LogP contribution is 2.19. The molecule has 9 heteroatoms. The van der Waals surface area contributed by atoms with Crippen LogP contribution in [0.2, 0.25) is 0 Å². The van der Waals surface area contributed by atoms with Crippen molar-refractivity contribution in [3.8, 4) is 5.75 Å². The lowest BCUT2D eigenvalue weighted by molar-refractivity contribution is 0.474. The molecule has 9 nitrogen and oxygen atoms in total. The second-order valence-corrected chi connectivity index (χ2v) is 6.93. The van der Waals surface area contributed by atoms with Crippen molar-refractivity contribution in [3.05, 3.63) is 86.1 Å². The number of hydrogen-bond acceptors (Lipinski definition) is 6. The number of aromatic amines is 1. The first-order chi connectivity index (χ1) is 14.4. The van der Waals surface area contributed by atoms with Crippen molar-refractivity contribution in [3.63, 3.8) is 0 Å². The monoisotopic (exact) mass is 404 g/mol. The molecule has 0 amide bonds. The molecule has 3 N–H and O–H groups in total. The zero-order chi connectivity index (χ0) is 21.3. The number of imidazole rings is 1. The van der Waals surface area contributed by atoms with Gasteiger partial charge in [0.25, 0.3) is 5.56 Å². The molecule has 2 heterocycles. The molecular weight excluding hydrogens is 384 g/mol. The average Bonchev–Trinajstić information content (AvgIpc) is 3.08. The Balaban J connectivity index is 1.79. The number of aromatic nitrogens is 4. The fraction of sp³-hybridized carbons (Fsp3) is 0.143. The van der Waals surface area contributed by atoms with Gasteiger partial charge in [-0.2, -0.15) is 10.1 Å². The van der Waals surface area contributed by atoms with E-state index < -0.39 is 11.2 Å². The largest absolute Gasteiger partial charge is 0.507 e. The van der Waals surface area contributed by atoms with E-state index >= 15 is 0 Å². The first-order valence-corrected chi connectivity index (χ1v) is 9.26. The maximum absolute atomic E-state index is 12.5. The molecular formula is C21H20N6O3. The van der Waals surface area contributed by atoms with Crippen molar-refractivity contribution in [2.45, 2.75) is 13.5 Å². The minimum atomic E-state index is -0.545. The Morgan fingerprint density at radius 3 is 2.73 bits per heavy atom. The number of benzene rings is 2. The molecule has 2 aromatic heterocycles. The normalized spacial score (nSPS) is 11.4. The summed E-state index contributed by atoms with van der Waals surface area (Å²) in [5.41, 5.74) is 4.74. The van der Waals surface area contributed by atoms with Crippen LogP contribution in [0.25, 0.3) is 11.2 Å². The molecule has 0 saturated heterocycles. The van der Waals surface area contributed by atoms with Crippen molar-refractivity contribution >= 4 is 23.3 Å². The van der Waals surface area contributed by atoms with Gasteiger partial charge in [-0.3, -0.25) is 18.9 Å².